The fourth-order valence-electron chi connectivity index (χ4n) is 3.18. The van der Waals surface area contributed by atoms with Crippen molar-refractivity contribution in [3.63, 3.8) is 0 Å². The molecule has 21 heavy (non-hydrogen) atoms. The van der Waals surface area contributed by atoms with Gasteiger partial charge in [0.15, 0.2) is 0 Å². The lowest BCUT2D eigenvalue weighted by molar-refractivity contribution is -0.0356. The topological polar surface area (TPSA) is 30.5 Å². The van der Waals surface area contributed by atoms with E-state index in [0.717, 1.165) is 26.0 Å². The van der Waals surface area contributed by atoms with Gasteiger partial charge in [-0.2, -0.15) is 0 Å². The minimum atomic E-state index is 0.277. The van der Waals surface area contributed by atoms with Crippen LogP contribution in [-0.4, -0.2) is 32.5 Å². The molecular weight excluding hydrogens is 262 g/mol. The predicted molar refractivity (Wildman–Crippen MR) is 86.6 cm³/mol. The van der Waals surface area contributed by atoms with Crippen LogP contribution in [0.4, 0.5) is 0 Å². The molecule has 1 aromatic carbocycles. The van der Waals surface area contributed by atoms with Crippen molar-refractivity contribution in [2.75, 3.05) is 20.3 Å². The summed E-state index contributed by atoms with van der Waals surface area (Å²) in [6.45, 7) is 6.00. The summed E-state index contributed by atoms with van der Waals surface area (Å²) in [5.41, 5.74) is 2.67. The summed E-state index contributed by atoms with van der Waals surface area (Å²) in [4.78, 5) is 0. The van der Waals surface area contributed by atoms with Gasteiger partial charge >= 0.3 is 0 Å². The molecule has 2 rings (SSSR count). The Balaban J connectivity index is 1.92. The maximum atomic E-state index is 6.20. The smallest absolute Gasteiger partial charge is 0.0665 e. The normalized spacial score (nSPS) is 24.0. The zero-order valence-electron chi connectivity index (χ0n) is 13.6. The lowest BCUT2D eigenvalue weighted by Gasteiger charge is -2.30. The van der Waals surface area contributed by atoms with Crippen LogP contribution in [0.15, 0.2) is 24.3 Å². The van der Waals surface area contributed by atoms with E-state index in [4.69, 9.17) is 9.47 Å². The van der Waals surface area contributed by atoms with E-state index in [1.54, 1.807) is 0 Å². The van der Waals surface area contributed by atoms with Gasteiger partial charge in [-0.15, -0.1) is 0 Å². The van der Waals surface area contributed by atoms with Gasteiger partial charge in [0.05, 0.1) is 24.9 Å². The molecule has 3 unspecified atom stereocenters. The second kappa shape index (κ2) is 8.52. The predicted octanol–water partition coefficient (Wildman–Crippen LogP) is 3.62. The number of aryl methyl sites for hydroxylation is 1. The summed E-state index contributed by atoms with van der Waals surface area (Å²) in [5, 5.41) is 3.55. The van der Waals surface area contributed by atoms with Crippen molar-refractivity contribution < 1.29 is 9.47 Å². The molecule has 0 heterocycles. The summed E-state index contributed by atoms with van der Waals surface area (Å²) in [7, 11) is 1.81. The molecule has 1 aromatic rings. The maximum Gasteiger partial charge on any atom is 0.0665 e. The molecule has 0 bridgehead atoms. The first-order chi connectivity index (χ1) is 10.2. The highest BCUT2D eigenvalue weighted by atomic mass is 16.5. The molecule has 1 aliphatic rings. The van der Waals surface area contributed by atoms with E-state index in [9.17, 15) is 0 Å². The molecule has 3 nitrogen and oxygen atoms in total. The number of methoxy groups -OCH3 is 1. The second-order valence-electron chi connectivity index (χ2n) is 5.95. The average Bonchev–Trinajstić information content (AvgIpc) is 2.52. The fraction of sp³-hybridized carbons (Fsp3) is 0.667. The van der Waals surface area contributed by atoms with E-state index in [-0.39, 0.29) is 6.04 Å². The molecule has 0 aliphatic heterocycles. The highest BCUT2D eigenvalue weighted by Crippen LogP contribution is 2.25. The average molecular weight is 291 g/mol. The Kier molecular flexibility index (Phi) is 6.68. The molecule has 0 aromatic heterocycles. The summed E-state index contributed by atoms with van der Waals surface area (Å²) in [5.74, 6) is 0. The lowest BCUT2D eigenvalue weighted by Crippen LogP contribution is -2.32. The maximum absolute atomic E-state index is 6.20. The Morgan fingerprint density at radius 1 is 1.24 bits per heavy atom. The number of ether oxygens (including phenoxy) is 2. The third-order valence-electron chi connectivity index (χ3n) is 4.42. The molecule has 0 amide bonds. The number of hydrogen-bond acceptors (Lipinski definition) is 3. The van der Waals surface area contributed by atoms with Gasteiger partial charge in [0.1, 0.15) is 0 Å². The number of rotatable bonds is 7. The van der Waals surface area contributed by atoms with Gasteiger partial charge in [0.25, 0.3) is 0 Å². The van der Waals surface area contributed by atoms with Crippen molar-refractivity contribution in [2.24, 2.45) is 0 Å². The highest BCUT2D eigenvalue weighted by Gasteiger charge is 2.23. The zero-order chi connectivity index (χ0) is 15.1. The molecule has 1 saturated carbocycles. The number of likely N-dealkylation sites (N-methyl/N-ethyl adjacent to an activating group) is 1. The lowest BCUT2D eigenvalue weighted by atomic mass is 9.94. The number of hydrogen-bond donors (Lipinski definition) is 1. The Labute approximate surface area is 129 Å². The summed E-state index contributed by atoms with van der Waals surface area (Å²) in [6.07, 6.45) is 5.29. The summed E-state index contributed by atoms with van der Waals surface area (Å²) in [6, 6.07) is 8.84. The number of nitrogens with one attached hydrogen (secondary N) is 1. The van der Waals surface area contributed by atoms with Crippen LogP contribution in [0.2, 0.25) is 0 Å². The van der Waals surface area contributed by atoms with E-state index in [1.165, 1.54) is 24.0 Å². The first-order valence-corrected chi connectivity index (χ1v) is 8.17. The molecule has 0 radical (unpaired) electrons. The molecule has 1 N–H and O–H groups in total. The molecule has 1 fully saturated rings. The van der Waals surface area contributed by atoms with E-state index in [1.807, 2.05) is 7.11 Å². The van der Waals surface area contributed by atoms with Gasteiger partial charge in [-0.25, -0.2) is 0 Å². The van der Waals surface area contributed by atoms with Crippen molar-refractivity contribution >= 4 is 0 Å². The molecule has 3 heteroatoms. The fourth-order valence-corrected chi connectivity index (χ4v) is 3.18. The molecule has 3 atom stereocenters. The van der Waals surface area contributed by atoms with Gasteiger partial charge in [0.2, 0.25) is 0 Å². The van der Waals surface area contributed by atoms with Crippen molar-refractivity contribution in [3.8, 4) is 0 Å². The summed E-state index contributed by atoms with van der Waals surface area (Å²) < 4.78 is 11.7. The minimum absolute atomic E-state index is 0.277. The van der Waals surface area contributed by atoms with Crippen LogP contribution in [0.5, 0.6) is 0 Å². The third-order valence-corrected chi connectivity index (χ3v) is 4.42. The quantitative estimate of drug-likeness (QED) is 0.832. The van der Waals surface area contributed by atoms with Gasteiger partial charge in [-0.1, -0.05) is 31.2 Å². The minimum Gasteiger partial charge on any atom is -0.381 e. The van der Waals surface area contributed by atoms with Crippen LogP contribution >= 0.6 is 0 Å². The third kappa shape index (κ3) is 4.80. The van der Waals surface area contributed by atoms with Crippen molar-refractivity contribution in [1.82, 2.24) is 5.32 Å². The highest BCUT2D eigenvalue weighted by molar-refractivity contribution is 5.28. The molecule has 0 saturated heterocycles. The van der Waals surface area contributed by atoms with Gasteiger partial charge in [0, 0.05) is 7.11 Å². The van der Waals surface area contributed by atoms with Crippen LogP contribution in [0, 0.1) is 6.92 Å². The van der Waals surface area contributed by atoms with Gasteiger partial charge in [-0.3, -0.25) is 0 Å². The van der Waals surface area contributed by atoms with E-state index >= 15 is 0 Å². The Bertz CT molecular complexity index is 421. The Morgan fingerprint density at radius 3 is 2.71 bits per heavy atom. The number of benzene rings is 1. The van der Waals surface area contributed by atoms with Gasteiger partial charge in [-0.05, 0) is 50.3 Å². The van der Waals surface area contributed by atoms with Crippen LogP contribution in [0.25, 0.3) is 0 Å². The monoisotopic (exact) mass is 291 g/mol. The van der Waals surface area contributed by atoms with Crippen LogP contribution in [0.3, 0.4) is 0 Å². The first kappa shape index (κ1) is 16.5. The van der Waals surface area contributed by atoms with Gasteiger partial charge < -0.3 is 14.8 Å². The summed E-state index contributed by atoms with van der Waals surface area (Å²) >= 11 is 0. The van der Waals surface area contributed by atoms with Crippen molar-refractivity contribution in [2.45, 2.75) is 57.8 Å². The molecule has 1 aliphatic carbocycles. The van der Waals surface area contributed by atoms with E-state index in [2.05, 4.69) is 43.4 Å². The molecule has 118 valence electrons. The van der Waals surface area contributed by atoms with E-state index < -0.39 is 0 Å². The standard InChI is InChI=1S/C18H29NO2/c1-4-19-18(17-11-6-5-8-14(17)2)13-21-16-10-7-9-15(12-16)20-3/h5-6,8,11,15-16,18-19H,4,7,9-10,12-13H2,1-3H3. The largest absolute Gasteiger partial charge is 0.381 e. The van der Waals surface area contributed by atoms with Crippen LogP contribution < -0.4 is 5.32 Å². The SMILES string of the molecule is CCNC(COC1CCCC(OC)C1)c1ccccc1C. The first-order valence-electron chi connectivity index (χ1n) is 8.17. The van der Waals surface area contributed by atoms with Crippen LogP contribution in [0.1, 0.15) is 49.8 Å². The zero-order valence-corrected chi connectivity index (χ0v) is 13.6. The Morgan fingerprint density at radius 2 is 2.00 bits per heavy atom. The van der Waals surface area contributed by atoms with E-state index in [0.29, 0.717) is 12.2 Å². The second-order valence-corrected chi connectivity index (χ2v) is 5.95. The molecule has 0 spiro atoms. The Hall–Kier alpha value is -0.900. The van der Waals surface area contributed by atoms with Crippen molar-refractivity contribution in [3.05, 3.63) is 35.4 Å². The van der Waals surface area contributed by atoms with Crippen LogP contribution in [-0.2, 0) is 9.47 Å². The van der Waals surface area contributed by atoms with Crippen molar-refractivity contribution in [1.29, 1.82) is 0 Å². The molecular formula is C18H29NO2.